The van der Waals surface area contributed by atoms with Crippen LogP contribution in [-0.2, 0) is 22.3 Å². The van der Waals surface area contributed by atoms with Crippen LogP contribution in [0.1, 0.15) is 57.6 Å². The Morgan fingerprint density at radius 1 is 1.32 bits per heavy atom. The average Bonchev–Trinajstić information content (AvgIpc) is 2.57. The first kappa shape index (κ1) is 20.4. The second-order valence-electron chi connectivity index (χ2n) is 7.44. The maximum Gasteiger partial charge on any atom is 0.0800 e. The largest absolute Gasteiger partial charge is 0.370 e. The molecule has 0 radical (unpaired) electrons. The number of rotatable bonds is 9. The molecule has 1 aromatic rings. The predicted octanol–water partition coefficient (Wildman–Crippen LogP) is 6.02. The summed E-state index contributed by atoms with van der Waals surface area (Å²) in [6, 6.07) is 8.48. The molecule has 0 saturated heterocycles. The Balaban J connectivity index is 1.85. The van der Waals surface area contributed by atoms with E-state index >= 15 is 0 Å². The van der Waals surface area contributed by atoms with Crippen molar-refractivity contribution in [2.24, 2.45) is 5.92 Å². The van der Waals surface area contributed by atoms with Crippen LogP contribution in [0.3, 0.4) is 0 Å². The maximum absolute atomic E-state index is 6.37. The fraction of sp³-hybridized carbons (Fsp3) is 0.545. The summed E-state index contributed by atoms with van der Waals surface area (Å²) in [5, 5.41) is 0. The molecule has 1 aliphatic rings. The van der Waals surface area contributed by atoms with Gasteiger partial charge in [0.25, 0.3) is 0 Å². The maximum atomic E-state index is 6.37. The summed E-state index contributed by atoms with van der Waals surface area (Å²) < 4.78 is 11.6. The molecular weight excluding hydrogens is 327 g/mol. The number of hydrogen-bond donors (Lipinski definition) is 0. The second-order valence-corrected chi connectivity index (χ2v) is 7.78. The van der Waals surface area contributed by atoms with Gasteiger partial charge < -0.3 is 9.26 Å². The molecule has 2 rings (SSSR count). The van der Waals surface area contributed by atoms with E-state index in [2.05, 4.69) is 72.7 Å². The van der Waals surface area contributed by atoms with Crippen LogP contribution < -0.4 is 0 Å². The molecule has 0 aliphatic carbocycles. The van der Waals surface area contributed by atoms with E-state index in [9.17, 15) is 0 Å². The van der Waals surface area contributed by atoms with Gasteiger partial charge in [0.15, 0.2) is 0 Å². The van der Waals surface area contributed by atoms with E-state index < -0.39 is 0 Å². The summed E-state index contributed by atoms with van der Waals surface area (Å²) in [5.41, 5.74) is 3.97. The van der Waals surface area contributed by atoms with E-state index in [4.69, 9.17) is 9.26 Å². The van der Waals surface area contributed by atoms with Crippen molar-refractivity contribution in [3.05, 3.63) is 59.2 Å². The zero-order chi connectivity index (χ0) is 18.1. The zero-order valence-electron chi connectivity index (χ0n) is 15.9. The number of benzene rings is 1. The first-order valence-electron chi connectivity index (χ1n) is 9.42. The normalized spacial score (nSPS) is 21.1. The van der Waals surface area contributed by atoms with E-state index in [1.807, 2.05) is 0 Å². The Morgan fingerprint density at radius 3 is 2.80 bits per heavy atom. The molecule has 2 nitrogen and oxygen atoms in total. The highest BCUT2D eigenvalue weighted by Crippen LogP contribution is 2.25. The van der Waals surface area contributed by atoms with Crippen molar-refractivity contribution >= 4 is 9.47 Å². The zero-order valence-corrected chi connectivity index (χ0v) is 17.1. The third-order valence-electron chi connectivity index (χ3n) is 4.77. The van der Waals surface area contributed by atoms with Crippen molar-refractivity contribution in [1.29, 1.82) is 0 Å². The molecule has 0 spiro atoms. The summed E-state index contributed by atoms with van der Waals surface area (Å²) in [6.45, 7) is 7.32. The molecule has 138 valence electrons. The second kappa shape index (κ2) is 10.9. The summed E-state index contributed by atoms with van der Waals surface area (Å²) in [5.74, 6) is 0.700. The van der Waals surface area contributed by atoms with Crippen molar-refractivity contribution in [2.75, 3.05) is 0 Å². The fourth-order valence-corrected chi connectivity index (χ4v) is 3.60. The lowest BCUT2D eigenvalue weighted by molar-refractivity contribution is -0.00602. The molecule has 1 heterocycles. The van der Waals surface area contributed by atoms with Gasteiger partial charge in [-0.2, -0.15) is 0 Å². The molecule has 3 heteroatoms. The summed E-state index contributed by atoms with van der Waals surface area (Å²) in [7, 11) is 2.33. The molecule has 4 atom stereocenters. The standard InChI is InChI=1S/C22H33O2P/c1-17(2)8-6-9-18(3)14-21-12-7-13-22(24-21)15-19-10-4-5-11-20(19)16-23-25/h4-5,7-8,10-11,13,18,21-22H,6,9,12,14-16,25H2,1-3H3/t18-,21-,22-/m0/s1. The highest BCUT2D eigenvalue weighted by Gasteiger charge is 2.21. The summed E-state index contributed by atoms with van der Waals surface area (Å²) >= 11 is 0. The number of hydrogen-bond acceptors (Lipinski definition) is 2. The Morgan fingerprint density at radius 2 is 2.08 bits per heavy atom. The SMILES string of the molecule is CC(C)=CCC[C@H](C)C[C@@H]1CC=C[C@@H](Cc2ccccc2COP)O1. The molecular formula is C22H33O2P. The van der Waals surface area contributed by atoms with Crippen molar-refractivity contribution in [3.63, 3.8) is 0 Å². The van der Waals surface area contributed by atoms with Gasteiger partial charge in [0.05, 0.1) is 18.8 Å². The number of ether oxygens (including phenoxy) is 1. The molecule has 0 amide bonds. The fourth-order valence-electron chi connectivity index (χ4n) is 3.43. The van der Waals surface area contributed by atoms with Gasteiger partial charge in [-0.1, -0.05) is 55.0 Å². The molecule has 0 bridgehead atoms. The molecule has 1 aliphatic heterocycles. The highest BCUT2D eigenvalue weighted by atomic mass is 31.0. The first-order chi connectivity index (χ1) is 12.1. The molecule has 1 aromatic carbocycles. The number of allylic oxidation sites excluding steroid dienone is 2. The van der Waals surface area contributed by atoms with Crippen LogP contribution in [0.4, 0.5) is 0 Å². The molecule has 25 heavy (non-hydrogen) atoms. The lowest BCUT2D eigenvalue weighted by Crippen LogP contribution is -2.27. The van der Waals surface area contributed by atoms with Crippen molar-refractivity contribution in [2.45, 2.75) is 71.7 Å². The average molecular weight is 360 g/mol. The van der Waals surface area contributed by atoms with E-state index in [1.165, 1.54) is 29.5 Å². The molecule has 1 unspecified atom stereocenters. The Bertz CT molecular complexity index is 575. The van der Waals surface area contributed by atoms with E-state index in [-0.39, 0.29) is 6.10 Å². The summed E-state index contributed by atoms with van der Waals surface area (Å²) in [6.07, 6.45) is 12.9. The molecule has 0 saturated carbocycles. The quantitative estimate of drug-likeness (QED) is 0.396. The molecule has 0 N–H and O–H groups in total. The van der Waals surface area contributed by atoms with E-state index in [1.54, 1.807) is 0 Å². The van der Waals surface area contributed by atoms with Crippen LogP contribution in [-0.4, -0.2) is 12.2 Å². The lowest BCUT2D eigenvalue weighted by Gasteiger charge is -2.28. The van der Waals surface area contributed by atoms with Gasteiger partial charge in [0.2, 0.25) is 0 Å². The minimum Gasteiger partial charge on any atom is -0.370 e. The van der Waals surface area contributed by atoms with Crippen LogP contribution in [0.5, 0.6) is 0 Å². The van der Waals surface area contributed by atoms with Crippen molar-refractivity contribution in [3.8, 4) is 0 Å². The van der Waals surface area contributed by atoms with Gasteiger partial charge in [-0.3, -0.25) is 0 Å². The Labute approximate surface area is 156 Å². The van der Waals surface area contributed by atoms with Gasteiger partial charge in [-0.15, -0.1) is 0 Å². The Hall–Kier alpha value is -0.950. The van der Waals surface area contributed by atoms with E-state index in [0.717, 1.165) is 19.3 Å². The molecule has 0 aromatic heterocycles. The van der Waals surface area contributed by atoms with Gasteiger partial charge in [0, 0.05) is 15.9 Å². The minimum atomic E-state index is 0.175. The van der Waals surface area contributed by atoms with Crippen LogP contribution in [0.15, 0.2) is 48.1 Å². The first-order valence-corrected chi connectivity index (χ1v) is 9.89. The third-order valence-corrected chi connectivity index (χ3v) is 4.94. The minimum absolute atomic E-state index is 0.175. The van der Waals surface area contributed by atoms with Gasteiger partial charge >= 0.3 is 0 Å². The third kappa shape index (κ3) is 7.44. The van der Waals surface area contributed by atoms with Gasteiger partial charge in [0.1, 0.15) is 0 Å². The van der Waals surface area contributed by atoms with Crippen LogP contribution in [0.2, 0.25) is 0 Å². The van der Waals surface area contributed by atoms with Gasteiger partial charge in [-0.05, 0) is 56.6 Å². The molecule has 0 fully saturated rings. The summed E-state index contributed by atoms with van der Waals surface area (Å²) in [4.78, 5) is 0. The highest BCUT2D eigenvalue weighted by molar-refractivity contribution is 7.09. The van der Waals surface area contributed by atoms with E-state index in [0.29, 0.717) is 18.6 Å². The monoisotopic (exact) mass is 360 g/mol. The predicted molar refractivity (Wildman–Crippen MR) is 110 cm³/mol. The topological polar surface area (TPSA) is 18.5 Å². The van der Waals surface area contributed by atoms with Crippen LogP contribution in [0, 0.1) is 5.92 Å². The van der Waals surface area contributed by atoms with Crippen molar-refractivity contribution in [1.82, 2.24) is 0 Å². The smallest absolute Gasteiger partial charge is 0.0800 e. The lowest BCUT2D eigenvalue weighted by atomic mass is 9.94. The Kier molecular flexibility index (Phi) is 8.89. The van der Waals surface area contributed by atoms with Crippen molar-refractivity contribution < 1.29 is 9.26 Å². The van der Waals surface area contributed by atoms with Crippen LogP contribution in [0.25, 0.3) is 0 Å². The van der Waals surface area contributed by atoms with Crippen LogP contribution >= 0.6 is 9.47 Å². The van der Waals surface area contributed by atoms with Gasteiger partial charge in [-0.25, -0.2) is 0 Å².